The van der Waals surface area contributed by atoms with Crippen LogP contribution in [0.1, 0.15) is 17.7 Å². The van der Waals surface area contributed by atoms with Gasteiger partial charge in [0.2, 0.25) is 0 Å². The zero-order chi connectivity index (χ0) is 11.6. The van der Waals surface area contributed by atoms with E-state index >= 15 is 0 Å². The van der Waals surface area contributed by atoms with Crippen molar-refractivity contribution in [2.75, 3.05) is 0 Å². The Hall–Kier alpha value is -0.990. The number of aliphatic carboxylic acids is 1. The van der Waals surface area contributed by atoms with Gasteiger partial charge in [0, 0.05) is 11.8 Å². The number of hydrogen-bond donors (Lipinski definition) is 2. The van der Waals surface area contributed by atoms with Gasteiger partial charge >= 0.3 is 5.97 Å². The van der Waals surface area contributed by atoms with Gasteiger partial charge < -0.3 is 10.1 Å². The zero-order valence-electron chi connectivity index (χ0n) is 7.26. The number of aromatic nitrogens is 1. The number of carbonyl (C=O) groups is 1. The van der Waals surface area contributed by atoms with E-state index in [0.717, 1.165) is 6.07 Å². The lowest BCUT2D eigenvalue weighted by Gasteiger charge is -2.04. The van der Waals surface area contributed by atoms with Crippen molar-refractivity contribution in [3.8, 4) is 0 Å². The first kappa shape index (κ1) is 12.1. The van der Waals surface area contributed by atoms with Crippen molar-refractivity contribution >= 4 is 28.6 Å². The molecule has 4 nitrogen and oxygen atoms in total. The van der Waals surface area contributed by atoms with Gasteiger partial charge in [-0.05, 0) is 22.6 Å². The van der Waals surface area contributed by atoms with Crippen molar-refractivity contribution in [1.29, 1.82) is 0 Å². The second kappa shape index (κ2) is 4.69. The van der Waals surface area contributed by atoms with E-state index < -0.39 is 29.8 Å². The number of carboxylic acids is 1. The lowest BCUT2D eigenvalue weighted by atomic mass is 10.2. The Morgan fingerprint density at radius 3 is 2.60 bits per heavy atom. The fraction of sp³-hybridized carbons (Fsp3) is 0.250. The standard InChI is InChI=1S/C8H6F2INO3/c9-7(10)6-4(13)1-3(2-5(14)15)12-8(6)11/h1,7H,2H2,(H,12,13)(H,14,15). The average molecular weight is 329 g/mol. The van der Waals surface area contributed by atoms with Gasteiger partial charge in [-0.3, -0.25) is 9.59 Å². The summed E-state index contributed by atoms with van der Waals surface area (Å²) < 4.78 is 24.7. The molecule has 0 fully saturated rings. The first-order valence-electron chi connectivity index (χ1n) is 3.83. The molecular formula is C8H6F2INO3. The molecule has 1 aromatic rings. The number of pyridine rings is 1. The van der Waals surface area contributed by atoms with Crippen LogP contribution in [0.2, 0.25) is 0 Å². The molecule has 0 aliphatic rings. The zero-order valence-corrected chi connectivity index (χ0v) is 9.42. The van der Waals surface area contributed by atoms with Crippen molar-refractivity contribution in [2.24, 2.45) is 0 Å². The monoisotopic (exact) mass is 329 g/mol. The highest BCUT2D eigenvalue weighted by Crippen LogP contribution is 2.19. The maximum absolute atomic E-state index is 12.3. The topological polar surface area (TPSA) is 70.2 Å². The molecule has 0 saturated carbocycles. The molecule has 0 bridgehead atoms. The van der Waals surface area contributed by atoms with Gasteiger partial charge in [-0.25, -0.2) is 8.78 Å². The number of halogens is 3. The van der Waals surface area contributed by atoms with E-state index in [1.807, 2.05) is 0 Å². The molecule has 0 aromatic carbocycles. The number of aromatic amines is 1. The summed E-state index contributed by atoms with van der Waals surface area (Å²) in [5.74, 6) is -1.13. The van der Waals surface area contributed by atoms with E-state index in [0.29, 0.717) is 0 Å². The summed E-state index contributed by atoms with van der Waals surface area (Å²) in [4.78, 5) is 24.0. The van der Waals surface area contributed by atoms with Gasteiger partial charge in [-0.15, -0.1) is 0 Å². The molecule has 82 valence electrons. The minimum atomic E-state index is -2.86. The van der Waals surface area contributed by atoms with Crippen LogP contribution in [-0.4, -0.2) is 16.1 Å². The highest BCUT2D eigenvalue weighted by atomic mass is 127. The summed E-state index contributed by atoms with van der Waals surface area (Å²) in [6.07, 6.45) is -3.26. The molecule has 0 unspecified atom stereocenters. The van der Waals surface area contributed by atoms with Crippen molar-refractivity contribution in [2.45, 2.75) is 12.8 Å². The lowest BCUT2D eigenvalue weighted by Crippen LogP contribution is -2.16. The predicted molar refractivity (Wildman–Crippen MR) is 56.1 cm³/mol. The van der Waals surface area contributed by atoms with Gasteiger partial charge in [0.15, 0.2) is 5.43 Å². The minimum Gasteiger partial charge on any atom is -0.481 e. The van der Waals surface area contributed by atoms with Gasteiger partial charge in [0.05, 0.1) is 15.7 Å². The predicted octanol–water partition coefficient (Wildman–Crippen LogP) is 1.54. The van der Waals surface area contributed by atoms with Crippen LogP contribution >= 0.6 is 22.6 Å². The quantitative estimate of drug-likeness (QED) is 0.653. The second-order valence-corrected chi connectivity index (χ2v) is 3.84. The number of H-pyrrole nitrogens is 1. The SMILES string of the molecule is O=C(O)Cc1cc(=O)c(C(F)F)c(I)[nH]1. The molecule has 0 aliphatic carbocycles. The molecule has 1 rings (SSSR count). The van der Waals surface area contributed by atoms with E-state index in [1.165, 1.54) is 0 Å². The number of hydrogen-bond acceptors (Lipinski definition) is 2. The largest absolute Gasteiger partial charge is 0.481 e. The normalized spacial score (nSPS) is 10.7. The summed E-state index contributed by atoms with van der Waals surface area (Å²) in [6, 6.07) is 0.887. The number of alkyl halides is 2. The van der Waals surface area contributed by atoms with Crippen LogP contribution in [0, 0.1) is 3.70 Å². The van der Waals surface area contributed by atoms with Crippen molar-refractivity contribution in [3.05, 3.63) is 31.2 Å². The van der Waals surface area contributed by atoms with Crippen LogP contribution in [0.4, 0.5) is 8.78 Å². The molecule has 0 saturated heterocycles. The fourth-order valence-electron chi connectivity index (χ4n) is 1.05. The average Bonchev–Trinajstić information content (AvgIpc) is 1.99. The van der Waals surface area contributed by atoms with Gasteiger partial charge in [0.1, 0.15) is 0 Å². The molecule has 0 radical (unpaired) electrons. The summed E-state index contributed by atoms with van der Waals surface area (Å²) in [6.45, 7) is 0. The van der Waals surface area contributed by atoms with Gasteiger partial charge in [-0.1, -0.05) is 0 Å². The van der Waals surface area contributed by atoms with Crippen molar-refractivity contribution in [1.82, 2.24) is 4.98 Å². The Morgan fingerprint density at radius 2 is 2.20 bits per heavy atom. The Kier molecular flexibility index (Phi) is 3.77. The Balaban J connectivity index is 3.20. The molecule has 7 heteroatoms. The number of nitrogens with one attached hydrogen (secondary N) is 1. The van der Waals surface area contributed by atoms with E-state index in [9.17, 15) is 18.4 Å². The molecule has 2 N–H and O–H groups in total. The van der Waals surface area contributed by atoms with E-state index in [4.69, 9.17) is 5.11 Å². The number of carboxylic acid groups (broad SMARTS) is 1. The molecule has 15 heavy (non-hydrogen) atoms. The van der Waals surface area contributed by atoms with Crippen LogP contribution < -0.4 is 5.43 Å². The molecule has 0 atom stereocenters. The number of rotatable bonds is 3. The molecule has 1 aromatic heterocycles. The summed E-state index contributed by atoms with van der Waals surface area (Å²) >= 11 is 1.55. The van der Waals surface area contributed by atoms with Gasteiger partial charge in [0.25, 0.3) is 6.43 Å². The molecule has 0 amide bonds. The maximum atomic E-state index is 12.3. The smallest absolute Gasteiger partial charge is 0.309 e. The highest BCUT2D eigenvalue weighted by Gasteiger charge is 2.17. The maximum Gasteiger partial charge on any atom is 0.309 e. The molecule has 0 spiro atoms. The second-order valence-electron chi connectivity index (χ2n) is 2.76. The summed E-state index contributed by atoms with van der Waals surface area (Å²) in [7, 11) is 0. The Bertz CT molecular complexity index is 444. The summed E-state index contributed by atoms with van der Waals surface area (Å²) in [5.41, 5.74) is -1.35. The minimum absolute atomic E-state index is 0.0219. The molecular weight excluding hydrogens is 323 g/mol. The van der Waals surface area contributed by atoms with E-state index in [1.54, 1.807) is 22.6 Å². The molecule has 1 heterocycles. The first-order chi connectivity index (χ1) is 6.91. The third-order valence-electron chi connectivity index (χ3n) is 1.64. The fourth-order valence-corrected chi connectivity index (χ4v) is 1.90. The van der Waals surface area contributed by atoms with E-state index in [2.05, 4.69) is 4.98 Å². The van der Waals surface area contributed by atoms with Crippen LogP contribution in [0.15, 0.2) is 10.9 Å². The lowest BCUT2D eigenvalue weighted by molar-refractivity contribution is -0.136. The van der Waals surface area contributed by atoms with E-state index in [-0.39, 0.29) is 9.39 Å². The summed E-state index contributed by atoms with van der Waals surface area (Å²) in [5, 5.41) is 8.45. The Morgan fingerprint density at radius 1 is 1.60 bits per heavy atom. The molecule has 0 aliphatic heterocycles. The van der Waals surface area contributed by atoms with Crippen molar-refractivity contribution < 1.29 is 18.7 Å². The third kappa shape index (κ3) is 2.98. The first-order valence-corrected chi connectivity index (χ1v) is 4.91. The van der Waals surface area contributed by atoms with Crippen molar-refractivity contribution in [3.63, 3.8) is 0 Å². The van der Waals surface area contributed by atoms with Gasteiger partial charge in [-0.2, -0.15) is 0 Å². The Labute approximate surface area is 96.5 Å². The van der Waals surface area contributed by atoms with Crippen LogP contribution in [0.25, 0.3) is 0 Å². The van der Waals surface area contributed by atoms with Crippen LogP contribution in [0.3, 0.4) is 0 Å². The highest BCUT2D eigenvalue weighted by molar-refractivity contribution is 14.1. The van der Waals surface area contributed by atoms with Crippen LogP contribution in [0.5, 0.6) is 0 Å². The third-order valence-corrected chi connectivity index (χ3v) is 2.49. The van der Waals surface area contributed by atoms with Crippen LogP contribution in [-0.2, 0) is 11.2 Å².